The lowest BCUT2D eigenvalue weighted by Gasteiger charge is -2.34. The third-order valence-electron chi connectivity index (χ3n) is 6.41. The second kappa shape index (κ2) is 8.80. The first-order chi connectivity index (χ1) is 14.4. The second-order valence-corrected chi connectivity index (χ2v) is 9.36. The molecule has 1 aliphatic rings. The molecular weight excluding hydrogens is 397 g/mol. The van der Waals surface area contributed by atoms with Crippen LogP contribution < -0.4 is 5.32 Å². The van der Waals surface area contributed by atoms with Crippen molar-refractivity contribution in [2.24, 2.45) is 18.9 Å². The van der Waals surface area contributed by atoms with Crippen LogP contribution in [0.4, 0.5) is 4.39 Å². The van der Waals surface area contributed by atoms with E-state index in [2.05, 4.69) is 19.2 Å². The van der Waals surface area contributed by atoms with Crippen LogP contribution in [0, 0.1) is 17.7 Å². The third kappa shape index (κ3) is 4.38. The van der Waals surface area contributed by atoms with Gasteiger partial charge in [0.05, 0.1) is 11.0 Å². The number of hydrogen-bond donors (Lipinski definition) is 1. The lowest BCUT2D eigenvalue weighted by atomic mass is 9.78. The van der Waals surface area contributed by atoms with Crippen LogP contribution in [0.2, 0.25) is 0 Å². The van der Waals surface area contributed by atoms with Crippen LogP contribution in [0.15, 0.2) is 47.6 Å². The molecule has 0 bridgehead atoms. The van der Waals surface area contributed by atoms with Crippen LogP contribution in [0.3, 0.4) is 0 Å². The number of aryl methyl sites for hydroxylation is 1. The minimum absolute atomic E-state index is 0.00966. The van der Waals surface area contributed by atoms with Gasteiger partial charge in [-0.2, -0.15) is 0 Å². The minimum Gasteiger partial charge on any atom is -0.349 e. The molecule has 6 heteroatoms. The molecule has 1 amide bonds. The molecule has 3 unspecified atom stereocenters. The molecule has 0 radical (unpaired) electrons. The molecule has 4 nitrogen and oxygen atoms in total. The predicted molar refractivity (Wildman–Crippen MR) is 120 cm³/mol. The van der Waals surface area contributed by atoms with E-state index in [9.17, 15) is 9.18 Å². The molecule has 0 spiro atoms. The second-order valence-electron chi connectivity index (χ2n) is 8.42. The van der Waals surface area contributed by atoms with Gasteiger partial charge in [0, 0.05) is 24.4 Å². The fourth-order valence-corrected chi connectivity index (χ4v) is 5.15. The largest absolute Gasteiger partial charge is 0.349 e. The average molecular weight is 426 g/mol. The topological polar surface area (TPSA) is 46.9 Å². The molecule has 1 heterocycles. The summed E-state index contributed by atoms with van der Waals surface area (Å²) in [5, 5.41) is 4.13. The van der Waals surface area contributed by atoms with Crippen molar-refractivity contribution >= 4 is 28.7 Å². The summed E-state index contributed by atoms with van der Waals surface area (Å²) < 4.78 is 15.1. The summed E-state index contributed by atoms with van der Waals surface area (Å²) in [6.45, 7) is 4.51. The molecule has 0 aliphatic heterocycles. The summed E-state index contributed by atoms with van der Waals surface area (Å²) in [6.07, 6.45) is 3.47. The van der Waals surface area contributed by atoms with Crippen molar-refractivity contribution in [1.29, 1.82) is 0 Å². The Labute approximate surface area is 181 Å². The van der Waals surface area contributed by atoms with Crippen LogP contribution in [-0.4, -0.2) is 21.5 Å². The Morgan fingerprint density at radius 3 is 2.73 bits per heavy atom. The number of rotatable bonds is 5. The van der Waals surface area contributed by atoms with Crippen LogP contribution in [0.1, 0.15) is 49.0 Å². The smallest absolute Gasteiger partial charge is 0.251 e. The summed E-state index contributed by atoms with van der Waals surface area (Å²) in [5.41, 5.74) is 3.53. The van der Waals surface area contributed by atoms with Crippen molar-refractivity contribution < 1.29 is 9.18 Å². The van der Waals surface area contributed by atoms with E-state index in [-0.39, 0.29) is 17.8 Å². The summed E-state index contributed by atoms with van der Waals surface area (Å²) >= 11 is 1.60. The number of halogens is 1. The maximum Gasteiger partial charge on any atom is 0.251 e. The highest BCUT2D eigenvalue weighted by Gasteiger charge is 2.28. The molecule has 158 valence electrons. The molecule has 3 atom stereocenters. The molecule has 1 saturated carbocycles. The molecule has 1 N–H and O–H groups in total. The maximum atomic E-state index is 13.1. The minimum atomic E-state index is -0.227. The molecule has 30 heavy (non-hydrogen) atoms. The van der Waals surface area contributed by atoms with E-state index in [0.29, 0.717) is 23.2 Å². The average Bonchev–Trinajstić information content (AvgIpc) is 3.06. The number of fused-ring (bicyclic) bond motifs is 1. The molecule has 1 fully saturated rings. The number of nitrogens with one attached hydrogen (secondary N) is 1. The monoisotopic (exact) mass is 425 g/mol. The zero-order chi connectivity index (χ0) is 21.3. The van der Waals surface area contributed by atoms with Gasteiger partial charge in [-0.25, -0.2) is 9.37 Å². The van der Waals surface area contributed by atoms with Crippen molar-refractivity contribution in [1.82, 2.24) is 14.9 Å². The summed E-state index contributed by atoms with van der Waals surface area (Å²) in [7, 11) is 1.97. The molecule has 4 rings (SSSR count). The Hall–Kier alpha value is -2.34. The number of carbonyl (C=O) groups is 1. The van der Waals surface area contributed by atoms with Crippen molar-refractivity contribution in [3.8, 4) is 0 Å². The molecule has 1 aliphatic carbocycles. The van der Waals surface area contributed by atoms with Crippen LogP contribution >= 0.6 is 11.8 Å². The zero-order valence-electron chi connectivity index (χ0n) is 17.7. The van der Waals surface area contributed by atoms with Crippen LogP contribution in [0.25, 0.3) is 11.0 Å². The Balaban J connectivity index is 1.49. The van der Waals surface area contributed by atoms with Gasteiger partial charge < -0.3 is 9.88 Å². The highest BCUT2D eigenvalue weighted by molar-refractivity contribution is 7.98. The van der Waals surface area contributed by atoms with E-state index < -0.39 is 0 Å². The first kappa shape index (κ1) is 20.9. The predicted octanol–water partition coefficient (Wildman–Crippen LogP) is 5.56. The number of amides is 1. The van der Waals surface area contributed by atoms with Crippen molar-refractivity contribution in [3.63, 3.8) is 0 Å². The number of carbonyl (C=O) groups excluding carboxylic acids is 1. The van der Waals surface area contributed by atoms with E-state index in [4.69, 9.17) is 4.98 Å². The van der Waals surface area contributed by atoms with E-state index in [1.165, 1.54) is 25.0 Å². The lowest BCUT2D eigenvalue weighted by Crippen LogP contribution is -2.43. The maximum absolute atomic E-state index is 13.1. The number of imidazole rings is 1. The SMILES string of the molecule is CC1CCCC(NC(=O)c2ccc3nc(SCc4ccc(F)cc4)n(C)c3c2)C1C. The highest BCUT2D eigenvalue weighted by atomic mass is 32.2. The van der Waals surface area contributed by atoms with Gasteiger partial charge in [-0.15, -0.1) is 0 Å². The van der Waals surface area contributed by atoms with E-state index in [1.807, 2.05) is 29.8 Å². The zero-order valence-corrected chi connectivity index (χ0v) is 18.5. The van der Waals surface area contributed by atoms with Gasteiger partial charge >= 0.3 is 0 Å². The van der Waals surface area contributed by atoms with Gasteiger partial charge in [-0.1, -0.05) is 50.6 Å². The standard InChI is InChI=1S/C24H28FN3OS/c1-15-5-4-6-20(16(15)2)26-23(29)18-9-12-21-22(13-18)28(3)24(27-21)30-14-17-7-10-19(25)11-8-17/h7-13,15-16,20H,4-6,14H2,1-3H3,(H,26,29). The Morgan fingerprint density at radius 1 is 1.20 bits per heavy atom. The van der Waals surface area contributed by atoms with Gasteiger partial charge in [0.15, 0.2) is 5.16 Å². The first-order valence-electron chi connectivity index (χ1n) is 10.6. The molecule has 1 aromatic heterocycles. The van der Waals surface area contributed by atoms with Gasteiger partial charge in [-0.05, 0) is 54.2 Å². The lowest BCUT2D eigenvalue weighted by molar-refractivity contribution is 0.0891. The van der Waals surface area contributed by atoms with E-state index in [1.54, 1.807) is 23.9 Å². The number of nitrogens with zero attached hydrogens (tertiary/aromatic N) is 2. The Kier molecular flexibility index (Phi) is 6.14. The van der Waals surface area contributed by atoms with Crippen molar-refractivity contribution in [2.75, 3.05) is 0 Å². The van der Waals surface area contributed by atoms with Gasteiger partial charge in [0.1, 0.15) is 5.82 Å². The summed E-state index contributed by atoms with van der Waals surface area (Å²) in [6, 6.07) is 12.5. The summed E-state index contributed by atoms with van der Waals surface area (Å²) in [4.78, 5) is 17.6. The first-order valence-corrected chi connectivity index (χ1v) is 11.6. The van der Waals surface area contributed by atoms with Crippen molar-refractivity contribution in [3.05, 3.63) is 59.4 Å². The van der Waals surface area contributed by atoms with Gasteiger partial charge in [0.2, 0.25) is 0 Å². The fraction of sp³-hybridized carbons (Fsp3) is 0.417. The quantitative estimate of drug-likeness (QED) is 0.545. The number of benzene rings is 2. The highest BCUT2D eigenvalue weighted by Crippen LogP contribution is 2.30. The fourth-order valence-electron chi connectivity index (χ4n) is 4.20. The third-order valence-corrected chi connectivity index (χ3v) is 7.51. The molecular formula is C24H28FN3OS. The van der Waals surface area contributed by atoms with E-state index >= 15 is 0 Å². The van der Waals surface area contributed by atoms with Gasteiger partial charge in [-0.3, -0.25) is 4.79 Å². The van der Waals surface area contributed by atoms with Crippen LogP contribution in [-0.2, 0) is 12.8 Å². The van der Waals surface area contributed by atoms with E-state index in [0.717, 1.165) is 28.2 Å². The Bertz CT molecular complexity index is 1050. The Morgan fingerprint density at radius 2 is 1.97 bits per heavy atom. The number of thioether (sulfide) groups is 1. The number of hydrogen-bond acceptors (Lipinski definition) is 3. The summed E-state index contributed by atoms with van der Waals surface area (Å²) in [5.74, 6) is 1.61. The molecule has 2 aromatic carbocycles. The van der Waals surface area contributed by atoms with Crippen LogP contribution in [0.5, 0.6) is 0 Å². The van der Waals surface area contributed by atoms with Gasteiger partial charge in [0.25, 0.3) is 5.91 Å². The number of aromatic nitrogens is 2. The molecule has 3 aromatic rings. The van der Waals surface area contributed by atoms with Crippen molar-refractivity contribution in [2.45, 2.75) is 50.1 Å². The normalized spacial score (nSPS) is 21.7. The molecule has 0 saturated heterocycles.